The average Bonchev–Trinajstić information content (AvgIpc) is 3.26. The number of nitrogens with zero attached hydrogens (tertiary/aromatic N) is 1. The Morgan fingerprint density at radius 2 is 1.89 bits per heavy atom. The molecule has 2 aliphatic heterocycles. The third-order valence-electron chi connectivity index (χ3n) is 5.04. The van der Waals surface area contributed by atoms with E-state index in [4.69, 9.17) is 13.9 Å². The summed E-state index contributed by atoms with van der Waals surface area (Å²) >= 11 is 0. The Kier molecular flexibility index (Phi) is 5.00. The van der Waals surface area contributed by atoms with Crippen molar-refractivity contribution in [2.75, 3.05) is 26.2 Å². The summed E-state index contributed by atoms with van der Waals surface area (Å²) in [5.41, 5.74) is 0.580. The number of furan rings is 1. The number of likely N-dealkylation sites (tertiary alicyclic amines) is 1. The minimum absolute atomic E-state index is 0.00217. The monoisotopic (exact) mass is 370 g/mol. The number of nitrogens with one attached hydrogen (secondary N) is 1. The molecule has 0 saturated carbocycles. The zero-order valence-corrected chi connectivity index (χ0v) is 14.9. The number of rotatable bonds is 4. The number of ether oxygens (including phenoxy) is 2. The van der Waals surface area contributed by atoms with Gasteiger partial charge in [-0.3, -0.25) is 9.59 Å². The van der Waals surface area contributed by atoms with Crippen LogP contribution in [0, 0.1) is 5.92 Å². The Hall–Kier alpha value is -2.96. The molecule has 1 aromatic carbocycles. The maximum absolute atomic E-state index is 12.4. The molecular formula is C20H22N2O5. The van der Waals surface area contributed by atoms with E-state index in [1.54, 1.807) is 12.1 Å². The van der Waals surface area contributed by atoms with Gasteiger partial charge in [0.25, 0.3) is 11.8 Å². The standard InChI is InChI=1S/C20H22N2O5/c23-19(18-13-26-16-3-1-2-4-17(16)27-18)21-11-14-5-8-22(9-6-14)20(24)15-7-10-25-12-15/h1-4,7,10,12,14,18H,5-6,8-9,11,13H2,(H,21,23)/t18-/m1/s1. The molecule has 27 heavy (non-hydrogen) atoms. The van der Waals surface area contributed by atoms with E-state index in [0.717, 1.165) is 12.8 Å². The number of carbonyl (C=O) groups is 2. The van der Waals surface area contributed by atoms with Crippen LogP contribution in [0.2, 0.25) is 0 Å². The first-order chi connectivity index (χ1) is 13.2. The summed E-state index contributed by atoms with van der Waals surface area (Å²) in [4.78, 5) is 26.5. The number of carbonyl (C=O) groups excluding carboxylic acids is 2. The van der Waals surface area contributed by atoms with Crippen molar-refractivity contribution >= 4 is 11.8 Å². The fourth-order valence-electron chi connectivity index (χ4n) is 3.42. The van der Waals surface area contributed by atoms with Crippen molar-refractivity contribution in [1.29, 1.82) is 0 Å². The molecule has 3 heterocycles. The minimum Gasteiger partial charge on any atom is -0.485 e. The molecule has 1 aromatic heterocycles. The molecule has 7 heteroatoms. The maximum atomic E-state index is 12.4. The highest BCUT2D eigenvalue weighted by Gasteiger charge is 2.29. The van der Waals surface area contributed by atoms with Gasteiger partial charge >= 0.3 is 0 Å². The molecule has 7 nitrogen and oxygen atoms in total. The summed E-state index contributed by atoms with van der Waals surface area (Å²) in [6, 6.07) is 9.01. The van der Waals surface area contributed by atoms with Crippen LogP contribution in [0.15, 0.2) is 47.3 Å². The second-order valence-corrected chi connectivity index (χ2v) is 6.86. The minimum atomic E-state index is -0.636. The van der Waals surface area contributed by atoms with Crippen molar-refractivity contribution in [2.24, 2.45) is 5.92 Å². The van der Waals surface area contributed by atoms with Gasteiger partial charge in [0.1, 0.15) is 12.9 Å². The number of amides is 2. The molecule has 1 atom stereocenters. The molecule has 0 spiro atoms. The Balaban J connectivity index is 1.22. The molecule has 1 fully saturated rings. The molecule has 2 aliphatic rings. The van der Waals surface area contributed by atoms with Gasteiger partial charge in [-0.2, -0.15) is 0 Å². The van der Waals surface area contributed by atoms with E-state index >= 15 is 0 Å². The Morgan fingerprint density at radius 3 is 2.63 bits per heavy atom. The first kappa shape index (κ1) is 17.5. The van der Waals surface area contributed by atoms with Crippen molar-refractivity contribution in [2.45, 2.75) is 18.9 Å². The lowest BCUT2D eigenvalue weighted by Gasteiger charge is -2.32. The largest absolute Gasteiger partial charge is 0.485 e. The van der Waals surface area contributed by atoms with E-state index in [1.165, 1.54) is 12.5 Å². The fourth-order valence-corrected chi connectivity index (χ4v) is 3.42. The molecule has 142 valence electrons. The van der Waals surface area contributed by atoms with Gasteiger partial charge in [-0.05, 0) is 37.0 Å². The molecule has 2 aromatic rings. The van der Waals surface area contributed by atoms with Gasteiger partial charge < -0.3 is 24.1 Å². The predicted molar refractivity (Wildman–Crippen MR) is 96.7 cm³/mol. The third-order valence-corrected chi connectivity index (χ3v) is 5.04. The summed E-state index contributed by atoms with van der Waals surface area (Å²) in [5, 5.41) is 2.96. The summed E-state index contributed by atoms with van der Waals surface area (Å²) in [6.07, 6.45) is 4.05. The van der Waals surface area contributed by atoms with Gasteiger partial charge in [0.05, 0.1) is 11.8 Å². The van der Waals surface area contributed by atoms with Crippen LogP contribution in [0.3, 0.4) is 0 Å². The molecule has 0 unspecified atom stereocenters. The van der Waals surface area contributed by atoms with Crippen molar-refractivity contribution in [3.05, 3.63) is 48.4 Å². The highest BCUT2D eigenvalue weighted by atomic mass is 16.6. The molecule has 0 bridgehead atoms. The molecule has 1 saturated heterocycles. The van der Waals surface area contributed by atoms with Gasteiger partial charge in [-0.25, -0.2) is 0 Å². The number of piperidine rings is 1. The summed E-state index contributed by atoms with van der Waals surface area (Å²) in [7, 11) is 0. The normalized spacial score (nSPS) is 19.6. The van der Waals surface area contributed by atoms with E-state index in [1.807, 2.05) is 23.1 Å². The Bertz CT molecular complexity index is 796. The van der Waals surface area contributed by atoms with E-state index in [0.29, 0.717) is 42.6 Å². The van der Waals surface area contributed by atoms with Crippen LogP contribution in [0.1, 0.15) is 23.2 Å². The zero-order chi connectivity index (χ0) is 18.6. The van der Waals surface area contributed by atoms with Crippen LogP contribution in [0.4, 0.5) is 0 Å². The third kappa shape index (κ3) is 3.92. The van der Waals surface area contributed by atoms with E-state index < -0.39 is 6.10 Å². The van der Waals surface area contributed by atoms with Gasteiger partial charge in [-0.15, -0.1) is 0 Å². The SMILES string of the molecule is O=C(NCC1CCN(C(=O)c2ccoc2)CC1)[C@H]1COc2ccccc2O1. The lowest BCUT2D eigenvalue weighted by atomic mass is 9.96. The fraction of sp³-hybridized carbons (Fsp3) is 0.400. The van der Waals surface area contributed by atoms with Crippen LogP contribution in [0.25, 0.3) is 0 Å². The average molecular weight is 370 g/mol. The number of hydrogen-bond acceptors (Lipinski definition) is 5. The van der Waals surface area contributed by atoms with E-state index in [-0.39, 0.29) is 18.4 Å². The van der Waals surface area contributed by atoms with E-state index in [9.17, 15) is 9.59 Å². The topological polar surface area (TPSA) is 81.0 Å². The molecule has 0 radical (unpaired) electrons. The summed E-state index contributed by atoms with van der Waals surface area (Å²) < 4.78 is 16.3. The molecule has 1 N–H and O–H groups in total. The lowest BCUT2D eigenvalue weighted by molar-refractivity contribution is -0.130. The summed E-state index contributed by atoms with van der Waals surface area (Å²) in [5.74, 6) is 1.43. The predicted octanol–water partition coefficient (Wildman–Crippen LogP) is 2.09. The van der Waals surface area contributed by atoms with Crippen molar-refractivity contribution in [1.82, 2.24) is 10.2 Å². The quantitative estimate of drug-likeness (QED) is 0.891. The van der Waals surface area contributed by atoms with Gasteiger partial charge in [0.15, 0.2) is 11.5 Å². The van der Waals surface area contributed by atoms with Crippen molar-refractivity contribution < 1.29 is 23.5 Å². The molecule has 2 amide bonds. The number of benzene rings is 1. The van der Waals surface area contributed by atoms with Crippen LogP contribution < -0.4 is 14.8 Å². The molecule has 0 aliphatic carbocycles. The number of hydrogen-bond donors (Lipinski definition) is 1. The Morgan fingerprint density at radius 1 is 1.11 bits per heavy atom. The lowest BCUT2D eigenvalue weighted by Crippen LogP contribution is -2.47. The van der Waals surface area contributed by atoms with Crippen LogP contribution in [0.5, 0.6) is 11.5 Å². The summed E-state index contributed by atoms with van der Waals surface area (Å²) in [6.45, 7) is 2.15. The van der Waals surface area contributed by atoms with Gasteiger partial charge in [0.2, 0.25) is 6.10 Å². The number of para-hydroxylation sites is 2. The first-order valence-corrected chi connectivity index (χ1v) is 9.18. The smallest absolute Gasteiger partial charge is 0.264 e. The van der Waals surface area contributed by atoms with Gasteiger partial charge in [-0.1, -0.05) is 12.1 Å². The van der Waals surface area contributed by atoms with Crippen molar-refractivity contribution in [3.63, 3.8) is 0 Å². The van der Waals surface area contributed by atoms with Crippen LogP contribution >= 0.6 is 0 Å². The van der Waals surface area contributed by atoms with Crippen LogP contribution in [-0.4, -0.2) is 49.1 Å². The maximum Gasteiger partial charge on any atom is 0.264 e. The first-order valence-electron chi connectivity index (χ1n) is 9.18. The van der Waals surface area contributed by atoms with Crippen LogP contribution in [-0.2, 0) is 4.79 Å². The van der Waals surface area contributed by atoms with E-state index in [2.05, 4.69) is 5.32 Å². The highest BCUT2D eigenvalue weighted by molar-refractivity contribution is 5.93. The zero-order valence-electron chi connectivity index (χ0n) is 14.9. The molecule has 4 rings (SSSR count). The second-order valence-electron chi connectivity index (χ2n) is 6.86. The Labute approximate surface area is 157 Å². The van der Waals surface area contributed by atoms with Crippen molar-refractivity contribution in [3.8, 4) is 11.5 Å². The highest BCUT2D eigenvalue weighted by Crippen LogP contribution is 2.30. The van der Waals surface area contributed by atoms with Gasteiger partial charge in [0, 0.05) is 19.6 Å². The second kappa shape index (κ2) is 7.73. The number of fused-ring (bicyclic) bond motifs is 1. The molecular weight excluding hydrogens is 348 g/mol.